The first kappa shape index (κ1) is 20.7. The van der Waals surface area contributed by atoms with E-state index in [1.54, 1.807) is 19.0 Å². The van der Waals surface area contributed by atoms with Gasteiger partial charge in [-0.25, -0.2) is 13.6 Å². The molecule has 2 saturated heterocycles. The number of aromatic amines is 1. The van der Waals surface area contributed by atoms with Crippen molar-refractivity contribution in [1.29, 1.82) is 0 Å². The molecule has 7 nitrogen and oxygen atoms in total. The minimum Gasteiger partial charge on any atom is -0.486 e. The molecule has 2 N–H and O–H groups in total. The van der Waals surface area contributed by atoms with Crippen molar-refractivity contribution in [2.75, 3.05) is 20.1 Å². The molecule has 2 fully saturated rings. The Labute approximate surface area is 183 Å². The standard InChI is InChI=1S/C23H24F2N4O3/c1-28-10-16(14-7-8-26-19(14)22(28)30)15-5-6-18-20(27-23(31)29(18)2)21(15)32-11-12-3-4-13(24)9-17(12)25/h3-6,9,14,16,19,26H,7-8,10-11H2,1-2H3,(H,27,31). The maximum Gasteiger partial charge on any atom is 0.326 e. The van der Waals surface area contributed by atoms with Crippen molar-refractivity contribution in [2.45, 2.75) is 25.0 Å². The van der Waals surface area contributed by atoms with E-state index in [2.05, 4.69) is 10.3 Å². The van der Waals surface area contributed by atoms with Gasteiger partial charge in [-0.2, -0.15) is 0 Å². The van der Waals surface area contributed by atoms with Gasteiger partial charge in [0.15, 0.2) is 0 Å². The smallest absolute Gasteiger partial charge is 0.326 e. The van der Waals surface area contributed by atoms with Crippen LogP contribution < -0.4 is 15.7 Å². The lowest BCUT2D eigenvalue weighted by atomic mass is 9.77. The van der Waals surface area contributed by atoms with Gasteiger partial charge in [0.25, 0.3) is 0 Å². The molecule has 1 aromatic heterocycles. The number of aryl methyl sites for hydroxylation is 1. The zero-order valence-electron chi connectivity index (χ0n) is 17.8. The number of rotatable bonds is 4. The number of aromatic nitrogens is 2. The van der Waals surface area contributed by atoms with E-state index in [0.29, 0.717) is 23.3 Å². The number of likely N-dealkylation sites (tertiary alicyclic amines) is 1. The van der Waals surface area contributed by atoms with E-state index in [-0.39, 0.29) is 41.6 Å². The molecule has 0 spiro atoms. The van der Waals surface area contributed by atoms with E-state index in [4.69, 9.17) is 4.74 Å². The maximum absolute atomic E-state index is 14.2. The number of imidazole rings is 1. The summed E-state index contributed by atoms with van der Waals surface area (Å²) in [6.07, 6.45) is 0.851. The summed E-state index contributed by atoms with van der Waals surface area (Å²) in [7, 11) is 3.44. The minimum atomic E-state index is -0.691. The van der Waals surface area contributed by atoms with Gasteiger partial charge in [-0.1, -0.05) is 6.07 Å². The average molecular weight is 442 g/mol. The molecule has 2 aliphatic rings. The zero-order chi connectivity index (χ0) is 22.6. The number of piperidine rings is 1. The van der Waals surface area contributed by atoms with Crippen LogP contribution in [0.1, 0.15) is 23.5 Å². The number of fused-ring (bicyclic) bond motifs is 2. The monoisotopic (exact) mass is 442 g/mol. The summed E-state index contributed by atoms with van der Waals surface area (Å²) in [5.41, 5.74) is 1.98. The second kappa shape index (κ2) is 7.74. The third kappa shape index (κ3) is 3.28. The van der Waals surface area contributed by atoms with Gasteiger partial charge in [-0.05, 0) is 37.1 Å². The molecule has 32 heavy (non-hydrogen) atoms. The van der Waals surface area contributed by atoms with Crippen molar-refractivity contribution in [1.82, 2.24) is 19.8 Å². The number of hydrogen-bond acceptors (Lipinski definition) is 4. The van der Waals surface area contributed by atoms with Crippen molar-refractivity contribution >= 4 is 16.9 Å². The topological polar surface area (TPSA) is 79.4 Å². The molecule has 1 amide bonds. The number of likely N-dealkylation sites (N-methyl/N-ethyl adjacent to an activating group) is 1. The molecule has 0 bridgehead atoms. The van der Waals surface area contributed by atoms with Crippen molar-refractivity contribution in [3.05, 3.63) is 63.6 Å². The number of H-pyrrole nitrogens is 1. The Morgan fingerprint density at radius 2 is 1.97 bits per heavy atom. The van der Waals surface area contributed by atoms with Gasteiger partial charge in [0.05, 0.1) is 11.6 Å². The lowest BCUT2D eigenvalue weighted by molar-refractivity contribution is -0.136. The largest absolute Gasteiger partial charge is 0.486 e. The van der Waals surface area contributed by atoms with E-state index >= 15 is 0 Å². The SMILES string of the molecule is CN1CC(c2ccc3c([nH]c(=O)n3C)c2OCc2ccc(F)cc2F)C2CCNC2C1=O. The molecular weight excluding hydrogens is 418 g/mol. The van der Waals surface area contributed by atoms with Crippen LogP contribution in [0.15, 0.2) is 35.1 Å². The van der Waals surface area contributed by atoms with Gasteiger partial charge in [0.2, 0.25) is 5.91 Å². The van der Waals surface area contributed by atoms with Crippen LogP contribution in [0.4, 0.5) is 8.78 Å². The van der Waals surface area contributed by atoms with Crippen LogP contribution in [0.5, 0.6) is 5.75 Å². The number of carbonyl (C=O) groups is 1. The molecule has 0 saturated carbocycles. The van der Waals surface area contributed by atoms with Gasteiger partial charge >= 0.3 is 5.69 Å². The molecular formula is C23H24F2N4O3. The number of nitrogens with zero attached hydrogens (tertiary/aromatic N) is 2. The Balaban J connectivity index is 1.59. The van der Waals surface area contributed by atoms with E-state index in [1.807, 2.05) is 12.1 Å². The van der Waals surface area contributed by atoms with Crippen molar-refractivity contribution in [3.8, 4) is 5.75 Å². The lowest BCUT2D eigenvalue weighted by Gasteiger charge is -2.39. The lowest BCUT2D eigenvalue weighted by Crippen LogP contribution is -2.52. The Kier molecular flexibility index (Phi) is 5.00. The fraction of sp³-hybridized carbons (Fsp3) is 0.391. The Morgan fingerprint density at radius 3 is 2.75 bits per heavy atom. The first-order valence-electron chi connectivity index (χ1n) is 10.6. The van der Waals surface area contributed by atoms with E-state index in [9.17, 15) is 18.4 Å². The van der Waals surface area contributed by atoms with Crippen molar-refractivity contribution in [3.63, 3.8) is 0 Å². The van der Waals surface area contributed by atoms with Crippen molar-refractivity contribution in [2.24, 2.45) is 13.0 Å². The van der Waals surface area contributed by atoms with E-state index < -0.39 is 11.6 Å². The van der Waals surface area contributed by atoms with Crippen LogP contribution in [-0.2, 0) is 18.4 Å². The summed E-state index contributed by atoms with van der Waals surface area (Å²) in [5, 5.41) is 3.30. The maximum atomic E-state index is 14.2. The first-order chi connectivity index (χ1) is 15.3. The molecule has 9 heteroatoms. The van der Waals surface area contributed by atoms with Crippen LogP contribution >= 0.6 is 0 Å². The van der Waals surface area contributed by atoms with Crippen LogP contribution in [0, 0.1) is 17.6 Å². The predicted molar refractivity (Wildman–Crippen MR) is 115 cm³/mol. The summed E-state index contributed by atoms with van der Waals surface area (Å²) < 4.78 is 35.1. The highest BCUT2D eigenvalue weighted by Gasteiger charge is 2.45. The highest BCUT2D eigenvalue weighted by atomic mass is 19.1. The van der Waals surface area contributed by atoms with Gasteiger partial charge in [0.1, 0.15) is 29.5 Å². The van der Waals surface area contributed by atoms with E-state index in [0.717, 1.165) is 24.6 Å². The summed E-state index contributed by atoms with van der Waals surface area (Å²) in [6, 6.07) is 6.89. The summed E-state index contributed by atoms with van der Waals surface area (Å²) in [5.74, 6) is -0.731. The number of carbonyl (C=O) groups excluding carboxylic acids is 1. The molecule has 3 unspecified atom stereocenters. The molecule has 2 aromatic carbocycles. The van der Waals surface area contributed by atoms with Crippen molar-refractivity contribution < 1.29 is 18.3 Å². The van der Waals surface area contributed by atoms with Crippen LogP contribution in [-0.4, -0.2) is 46.5 Å². The molecule has 3 atom stereocenters. The first-order valence-corrected chi connectivity index (χ1v) is 10.6. The normalized spacial score (nSPS) is 23.1. The summed E-state index contributed by atoms with van der Waals surface area (Å²) in [6.45, 7) is 1.15. The van der Waals surface area contributed by atoms with Gasteiger partial charge < -0.3 is 19.9 Å². The van der Waals surface area contributed by atoms with Gasteiger partial charge in [0, 0.05) is 43.8 Å². The molecule has 5 rings (SSSR count). The molecule has 0 aliphatic carbocycles. The Bertz CT molecular complexity index is 1270. The zero-order valence-corrected chi connectivity index (χ0v) is 17.8. The van der Waals surface area contributed by atoms with Crippen LogP contribution in [0.25, 0.3) is 11.0 Å². The average Bonchev–Trinajstić information content (AvgIpc) is 3.36. The Hall–Kier alpha value is -3.20. The van der Waals surface area contributed by atoms with Gasteiger partial charge in [-0.15, -0.1) is 0 Å². The third-order valence-electron chi connectivity index (χ3n) is 6.75. The number of halogens is 2. The fourth-order valence-electron chi connectivity index (χ4n) is 5.04. The highest BCUT2D eigenvalue weighted by Crippen LogP contribution is 2.43. The molecule has 0 radical (unpaired) electrons. The number of benzene rings is 2. The van der Waals surface area contributed by atoms with Gasteiger partial charge in [-0.3, -0.25) is 9.36 Å². The number of ether oxygens (including phenoxy) is 1. The summed E-state index contributed by atoms with van der Waals surface area (Å²) >= 11 is 0. The number of hydrogen-bond donors (Lipinski definition) is 2. The highest BCUT2D eigenvalue weighted by molar-refractivity contribution is 5.86. The molecule has 3 aromatic rings. The second-order valence-corrected chi connectivity index (χ2v) is 8.60. The molecule has 168 valence electrons. The van der Waals surface area contributed by atoms with E-state index in [1.165, 1.54) is 16.7 Å². The number of amides is 1. The van der Waals surface area contributed by atoms with Crippen LogP contribution in [0.2, 0.25) is 0 Å². The predicted octanol–water partition coefficient (Wildman–Crippen LogP) is 2.26. The fourth-order valence-corrected chi connectivity index (χ4v) is 5.04. The molecule has 2 aliphatic heterocycles. The van der Waals surface area contributed by atoms with Crippen LogP contribution in [0.3, 0.4) is 0 Å². The number of nitrogens with one attached hydrogen (secondary N) is 2. The quantitative estimate of drug-likeness (QED) is 0.650. The Morgan fingerprint density at radius 1 is 1.16 bits per heavy atom. The molecule has 3 heterocycles. The summed E-state index contributed by atoms with van der Waals surface area (Å²) in [4.78, 5) is 29.5. The third-order valence-corrected chi connectivity index (χ3v) is 6.75. The minimum absolute atomic E-state index is 0.0149. The second-order valence-electron chi connectivity index (χ2n) is 8.60.